The first-order valence-electron chi connectivity index (χ1n) is 5.32. The molecule has 4 nitrogen and oxygen atoms in total. The Bertz CT molecular complexity index is 645. The van der Waals surface area contributed by atoms with Crippen molar-refractivity contribution in [2.24, 2.45) is 0 Å². The molecule has 0 spiro atoms. The van der Waals surface area contributed by atoms with Crippen LogP contribution in [0.2, 0.25) is 0 Å². The molecule has 0 saturated heterocycles. The molecular weight excluding hydrogens is 376 g/mol. The highest BCUT2D eigenvalue weighted by atomic mass is 79.9. The number of halogens is 2. The number of nitrogens with one attached hydrogen (secondary N) is 1. The summed E-state index contributed by atoms with van der Waals surface area (Å²) in [7, 11) is 0. The first kappa shape index (κ1) is 13.9. The lowest BCUT2D eigenvalue weighted by molar-refractivity contribution is 0.102. The molecule has 0 heterocycles. The molecule has 0 saturated carbocycles. The van der Waals surface area contributed by atoms with Gasteiger partial charge in [0.25, 0.3) is 5.91 Å². The van der Waals surface area contributed by atoms with Gasteiger partial charge in [0.1, 0.15) is 5.75 Å². The average molecular weight is 386 g/mol. The van der Waals surface area contributed by atoms with Gasteiger partial charge in [-0.15, -0.1) is 0 Å². The summed E-state index contributed by atoms with van der Waals surface area (Å²) in [6, 6.07) is 9.82. The van der Waals surface area contributed by atoms with E-state index < -0.39 is 0 Å². The Morgan fingerprint density at radius 2 is 1.89 bits per heavy atom. The van der Waals surface area contributed by atoms with Crippen LogP contribution in [0.25, 0.3) is 0 Å². The normalized spacial score (nSPS) is 10.2. The molecule has 0 atom stereocenters. The van der Waals surface area contributed by atoms with Gasteiger partial charge in [0.15, 0.2) is 0 Å². The standard InChI is InChI=1S/C13H10Br2N2O2/c14-8-2-3-9(15)11(6-8)17-13(19)7-1-4-10(16)12(18)5-7/h1-6,18H,16H2,(H,17,19). The number of benzene rings is 2. The Labute approximate surface area is 126 Å². The van der Waals surface area contributed by atoms with Gasteiger partial charge < -0.3 is 16.2 Å². The fourth-order valence-corrected chi connectivity index (χ4v) is 2.18. The second-order valence-electron chi connectivity index (χ2n) is 3.85. The maximum atomic E-state index is 12.0. The molecule has 6 heteroatoms. The van der Waals surface area contributed by atoms with E-state index in [1.165, 1.54) is 12.1 Å². The lowest BCUT2D eigenvalue weighted by Gasteiger charge is -2.08. The molecule has 0 radical (unpaired) electrons. The lowest BCUT2D eigenvalue weighted by Crippen LogP contribution is -2.12. The van der Waals surface area contributed by atoms with Crippen LogP contribution in [0.4, 0.5) is 11.4 Å². The molecule has 0 bridgehead atoms. The Hall–Kier alpha value is -1.53. The summed E-state index contributed by atoms with van der Waals surface area (Å²) in [5, 5.41) is 12.2. The van der Waals surface area contributed by atoms with Crippen LogP contribution >= 0.6 is 31.9 Å². The summed E-state index contributed by atoms with van der Waals surface area (Å²) in [5.41, 5.74) is 6.69. The van der Waals surface area contributed by atoms with Crippen molar-refractivity contribution in [3.63, 3.8) is 0 Å². The summed E-state index contributed by atoms with van der Waals surface area (Å²) in [5.74, 6) is -0.435. The quantitative estimate of drug-likeness (QED) is 0.544. The van der Waals surface area contributed by atoms with Crippen LogP contribution < -0.4 is 11.1 Å². The molecule has 2 aromatic carbocycles. The Morgan fingerprint density at radius 3 is 2.58 bits per heavy atom. The van der Waals surface area contributed by atoms with E-state index in [9.17, 15) is 9.90 Å². The number of phenols is 1. The minimum atomic E-state index is -0.325. The van der Waals surface area contributed by atoms with Crippen molar-refractivity contribution in [1.29, 1.82) is 0 Å². The topological polar surface area (TPSA) is 75.4 Å². The zero-order valence-electron chi connectivity index (χ0n) is 9.65. The highest BCUT2D eigenvalue weighted by molar-refractivity contribution is 9.11. The van der Waals surface area contributed by atoms with Crippen molar-refractivity contribution in [2.75, 3.05) is 11.1 Å². The zero-order valence-corrected chi connectivity index (χ0v) is 12.8. The van der Waals surface area contributed by atoms with Gasteiger partial charge in [0.2, 0.25) is 0 Å². The number of rotatable bonds is 2. The Balaban J connectivity index is 2.25. The monoisotopic (exact) mass is 384 g/mol. The molecule has 0 aliphatic heterocycles. The molecule has 0 aliphatic carbocycles. The molecule has 1 amide bonds. The minimum absolute atomic E-state index is 0.110. The smallest absolute Gasteiger partial charge is 0.255 e. The summed E-state index contributed by atoms with van der Waals surface area (Å²) in [6.45, 7) is 0. The Morgan fingerprint density at radius 1 is 1.16 bits per heavy atom. The third-order valence-corrected chi connectivity index (χ3v) is 3.65. The number of hydrogen-bond donors (Lipinski definition) is 3. The van der Waals surface area contributed by atoms with Gasteiger partial charge in [-0.3, -0.25) is 4.79 Å². The minimum Gasteiger partial charge on any atom is -0.506 e. The summed E-state index contributed by atoms with van der Waals surface area (Å²) < 4.78 is 1.62. The van der Waals surface area contributed by atoms with E-state index in [2.05, 4.69) is 37.2 Å². The van der Waals surface area contributed by atoms with Crippen molar-refractivity contribution < 1.29 is 9.90 Å². The first-order chi connectivity index (χ1) is 8.97. The number of nitrogens with two attached hydrogens (primary N) is 1. The van der Waals surface area contributed by atoms with Gasteiger partial charge >= 0.3 is 0 Å². The highest BCUT2D eigenvalue weighted by Crippen LogP contribution is 2.27. The number of anilines is 2. The molecule has 0 aromatic heterocycles. The molecule has 4 N–H and O–H groups in total. The molecule has 0 unspecified atom stereocenters. The molecule has 98 valence electrons. The van der Waals surface area contributed by atoms with Gasteiger partial charge in [0.05, 0.1) is 11.4 Å². The molecule has 2 aromatic rings. The van der Waals surface area contributed by atoms with Gasteiger partial charge in [-0.2, -0.15) is 0 Å². The fourth-order valence-electron chi connectivity index (χ4n) is 1.47. The van der Waals surface area contributed by atoms with Gasteiger partial charge in [-0.05, 0) is 52.3 Å². The van der Waals surface area contributed by atoms with Crippen LogP contribution in [0.1, 0.15) is 10.4 Å². The SMILES string of the molecule is Nc1ccc(C(=O)Nc2cc(Br)ccc2Br)cc1O. The highest BCUT2D eigenvalue weighted by Gasteiger charge is 2.10. The first-order valence-corrected chi connectivity index (χ1v) is 6.91. The van der Waals surface area contributed by atoms with Crippen molar-refractivity contribution >= 4 is 49.1 Å². The summed E-state index contributed by atoms with van der Waals surface area (Å²) in [6.07, 6.45) is 0. The van der Waals surface area contributed by atoms with E-state index in [4.69, 9.17) is 5.73 Å². The molecule has 19 heavy (non-hydrogen) atoms. The summed E-state index contributed by atoms with van der Waals surface area (Å²) in [4.78, 5) is 12.0. The van der Waals surface area contributed by atoms with Crippen LogP contribution in [0.5, 0.6) is 5.75 Å². The number of carbonyl (C=O) groups is 1. The van der Waals surface area contributed by atoms with Crippen LogP contribution in [0, 0.1) is 0 Å². The fraction of sp³-hybridized carbons (Fsp3) is 0. The van der Waals surface area contributed by atoms with Crippen LogP contribution in [-0.4, -0.2) is 11.0 Å². The van der Waals surface area contributed by atoms with Crippen molar-refractivity contribution in [1.82, 2.24) is 0 Å². The lowest BCUT2D eigenvalue weighted by atomic mass is 10.1. The van der Waals surface area contributed by atoms with Gasteiger partial charge in [0, 0.05) is 14.5 Å². The van der Waals surface area contributed by atoms with E-state index in [0.717, 1.165) is 8.95 Å². The number of aromatic hydroxyl groups is 1. The number of carbonyl (C=O) groups excluding carboxylic acids is 1. The third-order valence-electron chi connectivity index (χ3n) is 2.47. The number of phenolic OH excluding ortho intramolecular Hbond substituents is 1. The predicted molar refractivity (Wildman–Crippen MR) is 82.3 cm³/mol. The van der Waals surface area contributed by atoms with Gasteiger partial charge in [-0.1, -0.05) is 15.9 Å². The van der Waals surface area contributed by atoms with Crippen molar-refractivity contribution in [2.45, 2.75) is 0 Å². The molecular formula is C13H10Br2N2O2. The number of hydrogen-bond acceptors (Lipinski definition) is 3. The summed E-state index contributed by atoms with van der Waals surface area (Å²) >= 11 is 6.69. The number of amides is 1. The predicted octanol–water partition coefficient (Wildman–Crippen LogP) is 3.75. The van der Waals surface area contributed by atoms with E-state index in [-0.39, 0.29) is 17.3 Å². The van der Waals surface area contributed by atoms with Crippen LogP contribution in [-0.2, 0) is 0 Å². The van der Waals surface area contributed by atoms with Crippen molar-refractivity contribution in [3.05, 3.63) is 50.9 Å². The van der Waals surface area contributed by atoms with E-state index in [1.807, 2.05) is 12.1 Å². The van der Waals surface area contributed by atoms with E-state index >= 15 is 0 Å². The van der Waals surface area contributed by atoms with Crippen LogP contribution in [0.3, 0.4) is 0 Å². The maximum Gasteiger partial charge on any atom is 0.255 e. The molecule has 0 aliphatic rings. The average Bonchev–Trinajstić information content (AvgIpc) is 2.37. The van der Waals surface area contributed by atoms with Crippen LogP contribution in [0.15, 0.2) is 45.3 Å². The van der Waals surface area contributed by atoms with Gasteiger partial charge in [-0.25, -0.2) is 0 Å². The second kappa shape index (κ2) is 5.63. The van der Waals surface area contributed by atoms with Crippen molar-refractivity contribution in [3.8, 4) is 5.75 Å². The molecule has 2 rings (SSSR count). The van der Waals surface area contributed by atoms with E-state index in [1.54, 1.807) is 12.1 Å². The molecule has 0 fully saturated rings. The maximum absolute atomic E-state index is 12.0. The Kier molecular flexibility index (Phi) is 4.11. The van der Waals surface area contributed by atoms with E-state index in [0.29, 0.717) is 11.3 Å². The number of nitrogen functional groups attached to an aromatic ring is 1. The third kappa shape index (κ3) is 3.27. The largest absolute Gasteiger partial charge is 0.506 e. The second-order valence-corrected chi connectivity index (χ2v) is 5.62. The zero-order chi connectivity index (χ0) is 14.0.